The maximum absolute atomic E-state index is 5.97. The van der Waals surface area contributed by atoms with Gasteiger partial charge in [0.15, 0.2) is 0 Å². The molecule has 2 aliphatic heterocycles. The van der Waals surface area contributed by atoms with Gasteiger partial charge in [-0.1, -0.05) is 6.92 Å². The van der Waals surface area contributed by atoms with Crippen molar-refractivity contribution in [1.82, 2.24) is 10.2 Å². The molecule has 0 aromatic carbocycles. The van der Waals surface area contributed by atoms with E-state index in [0.717, 1.165) is 32.2 Å². The van der Waals surface area contributed by atoms with Crippen LogP contribution in [0.2, 0.25) is 0 Å². The lowest BCUT2D eigenvalue weighted by atomic mass is 10.0. The topological polar surface area (TPSA) is 24.5 Å². The van der Waals surface area contributed by atoms with E-state index in [1.807, 2.05) is 0 Å². The Balaban J connectivity index is 1.57. The molecule has 2 heterocycles. The van der Waals surface area contributed by atoms with Crippen LogP contribution in [0.1, 0.15) is 39.0 Å². The van der Waals surface area contributed by atoms with Crippen LogP contribution in [0.5, 0.6) is 0 Å². The first-order chi connectivity index (χ1) is 8.34. The lowest BCUT2D eigenvalue weighted by Gasteiger charge is -2.25. The summed E-state index contributed by atoms with van der Waals surface area (Å²) in [5.74, 6) is 0.922. The first kappa shape index (κ1) is 13.3. The fraction of sp³-hybridized carbons (Fsp3) is 1.00. The molecule has 0 bridgehead atoms. The summed E-state index contributed by atoms with van der Waals surface area (Å²) in [6.07, 6.45) is 7.05. The molecule has 0 aromatic rings. The Kier molecular flexibility index (Phi) is 5.75. The molecule has 0 amide bonds. The highest BCUT2D eigenvalue weighted by atomic mass is 16.5. The van der Waals surface area contributed by atoms with E-state index in [4.69, 9.17) is 4.74 Å². The quantitative estimate of drug-likeness (QED) is 0.812. The van der Waals surface area contributed by atoms with Crippen molar-refractivity contribution in [2.75, 3.05) is 39.3 Å². The molecule has 0 saturated carbocycles. The highest BCUT2D eigenvalue weighted by Crippen LogP contribution is 2.16. The van der Waals surface area contributed by atoms with Crippen LogP contribution < -0.4 is 5.32 Å². The van der Waals surface area contributed by atoms with Gasteiger partial charge >= 0.3 is 0 Å². The molecule has 100 valence electrons. The summed E-state index contributed by atoms with van der Waals surface area (Å²) < 4.78 is 5.97. The fourth-order valence-corrected chi connectivity index (χ4v) is 2.86. The Morgan fingerprint density at radius 2 is 1.94 bits per heavy atom. The van der Waals surface area contributed by atoms with Crippen LogP contribution in [0.3, 0.4) is 0 Å². The van der Waals surface area contributed by atoms with Crippen LogP contribution in [-0.4, -0.2) is 50.3 Å². The molecule has 2 saturated heterocycles. The molecular weight excluding hydrogens is 212 g/mol. The van der Waals surface area contributed by atoms with Crippen molar-refractivity contribution in [3.05, 3.63) is 0 Å². The predicted molar refractivity (Wildman–Crippen MR) is 71.3 cm³/mol. The van der Waals surface area contributed by atoms with Crippen molar-refractivity contribution >= 4 is 0 Å². The molecule has 1 unspecified atom stereocenters. The average Bonchev–Trinajstić information content (AvgIpc) is 2.56. The van der Waals surface area contributed by atoms with Gasteiger partial charge in [0.05, 0.1) is 12.7 Å². The summed E-state index contributed by atoms with van der Waals surface area (Å²) in [5.41, 5.74) is 0. The summed E-state index contributed by atoms with van der Waals surface area (Å²) >= 11 is 0. The van der Waals surface area contributed by atoms with Gasteiger partial charge in [0.25, 0.3) is 0 Å². The average molecular weight is 240 g/mol. The standard InChI is InChI=1S/C14H28N2O/c1-13-3-2-9-16(10-6-13)11-12-17-14-4-7-15-8-5-14/h13-15H,2-12H2,1H3. The second-order valence-corrected chi connectivity index (χ2v) is 5.70. The lowest BCUT2D eigenvalue weighted by molar-refractivity contribution is 0.0204. The van der Waals surface area contributed by atoms with Crippen LogP contribution in [0.4, 0.5) is 0 Å². The maximum atomic E-state index is 5.97. The van der Waals surface area contributed by atoms with Crippen molar-refractivity contribution in [1.29, 1.82) is 0 Å². The molecular formula is C14H28N2O. The SMILES string of the molecule is CC1CCCN(CCOC2CCNCC2)CC1. The third-order valence-electron chi connectivity index (χ3n) is 4.16. The molecule has 1 atom stereocenters. The van der Waals surface area contributed by atoms with Crippen LogP contribution in [0, 0.1) is 5.92 Å². The van der Waals surface area contributed by atoms with Crippen LogP contribution in [0.25, 0.3) is 0 Å². The monoisotopic (exact) mass is 240 g/mol. The first-order valence-corrected chi connectivity index (χ1v) is 7.39. The van der Waals surface area contributed by atoms with Crippen molar-refractivity contribution in [3.8, 4) is 0 Å². The second kappa shape index (κ2) is 7.34. The minimum Gasteiger partial charge on any atom is -0.377 e. The van der Waals surface area contributed by atoms with E-state index >= 15 is 0 Å². The maximum Gasteiger partial charge on any atom is 0.0600 e. The van der Waals surface area contributed by atoms with E-state index in [0.29, 0.717) is 6.10 Å². The van der Waals surface area contributed by atoms with Gasteiger partial charge in [-0.3, -0.25) is 0 Å². The molecule has 0 aliphatic carbocycles. The van der Waals surface area contributed by atoms with Crippen molar-refractivity contribution in [2.24, 2.45) is 5.92 Å². The Hall–Kier alpha value is -0.120. The third-order valence-corrected chi connectivity index (χ3v) is 4.16. The highest BCUT2D eigenvalue weighted by molar-refractivity contribution is 4.70. The first-order valence-electron chi connectivity index (χ1n) is 7.39. The molecule has 0 aromatic heterocycles. The summed E-state index contributed by atoms with van der Waals surface area (Å²) in [6, 6.07) is 0. The van der Waals surface area contributed by atoms with E-state index < -0.39 is 0 Å². The number of nitrogens with one attached hydrogen (secondary N) is 1. The predicted octanol–water partition coefficient (Wildman–Crippen LogP) is 1.88. The van der Waals surface area contributed by atoms with Crippen molar-refractivity contribution < 1.29 is 4.74 Å². The molecule has 0 spiro atoms. The van der Waals surface area contributed by atoms with E-state index in [2.05, 4.69) is 17.1 Å². The zero-order valence-corrected chi connectivity index (χ0v) is 11.3. The van der Waals surface area contributed by atoms with Crippen LogP contribution >= 0.6 is 0 Å². The lowest BCUT2D eigenvalue weighted by Crippen LogP contribution is -2.35. The number of hydrogen-bond donors (Lipinski definition) is 1. The van der Waals surface area contributed by atoms with E-state index in [9.17, 15) is 0 Å². The minimum absolute atomic E-state index is 0.516. The Morgan fingerprint density at radius 3 is 2.76 bits per heavy atom. The van der Waals surface area contributed by atoms with Gasteiger partial charge < -0.3 is 15.0 Å². The zero-order chi connectivity index (χ0) is 11.9. The summed E-state index contributed by atoms with van der Waals surface area (Å²) in [5, 5.41) is 3.38. The largest absolute Gasteiger partial charge is 0.377 e. The Labute approximate surface area is 106 Å². The molecule has 17 heavy (non-hydrogen) atoms. The van der Waals surface area contributed by atoms with Gasteiger partial charge in [0, 0.05) is 6.54 Å². The third kappa shape index (κ3) is 4.94. The van der Waals surface area contributed by atoms with Gasteiger partial charge in [-0.25, -0.2) is 0 Å². The minimum atomic E-state index is 0.516. The molecule has 3 nitrogen and oxygen atoms in total. The summed E-state index contributed by atoms with van der Waals surface area (Å²) in [6.45, 7) is 9.26. The van der Waals surface area contributed by atoms with Gasteiger partial charge in [-0.05, 0) is 64.2 Å². The van der Waals surface area contributed by atoms with Gasteiger partial charge in [-0.2, -0.15) is 0 Å². The van der Waals surface area contributed by atoms with Crippen molar-refractivity contribution in [2.45, 2.75) is 45.1 Å². The van der Waals surface area contributed by atoms with E-state index in [1.54, 1.807) is 0 Å². The normalized spacial score (nSPS) is 29.1. The van der Waals surface area contributed by atoms with E-state index in [1.165, 1.54) is 45.2 Å². The molecule has 3 heteroatoms. The Morgan fingerprint density at radius 1 is 1.12 bits per heavy atom. The molecule has 2 aliphatic rings. The number of nitrogens with zero attached hydrogens (tertiary/aromatic N) is 1. The molecule has 2 fully saturated rings. The van der Waals surface area contributed by atoms with Gasteiger partial charge in [0.2, 0.25) is 0 Å². The fourth-order valence-electron chi connectivity index (χ4n) is 2.86. The summed E-state index contributed by atoms with van der Waals surface area (Å²) in [4.78, 5) is 2.59. The number of rotatable bonds is 4. The molecule has 2 rings (SSSR count). The van der Waals surface area contributed by atoms with Crippen molar-refractivity contribution in [3.63, 3.8) is 0 Å². The number of piperidine rings is 1. The number of hydrogen-bond acceptors (Lipinski definition) is 3. The smallest absolute Gasteiger partial charge is 0.0600 e. The summed E-state index contributed by atoms with van der Waals surface area (Å²) in [7, 11) is 0. The number of ether oxygens (including phenoxy) is 1. The zero-order valence-electron chi connectivity index (χ0n) is 11.3. The van der Waals surface area contributed by atoms with Gasteiger partial charge in [-0.15, -0.1) is 0 Å². The van der Waals surface area contributed by atoms with Crippen LogP contribution in [-0.2, 0) is 4.74 Å². The highest BCUT2D eigenvalue weighted by Gasteiger charge is 2.15. The molecule has 0 radical (unpaired) electrons. The Bertz CT molecular complexity index is 204. The second-order valence-electron chi connectivity index (χ2n) is 5.70. The van der Waals surface area contributed by atoms with Crippen LogP contribution in [0.15, 0.2) is 0 Å². The number of likely N-dealkylation sites (tertiary alicyclic amines) is 1. The van der Waals surface area contributed by atoms with Gasteiger partial charge in [0.1, 0.15) is 0 Å². The molecule has 1 N–H and O–H groups in total. The van der Waals surface area contributed by atoms with E-state index in [-0.39, 0.29) is 0 Å².